The highest BCUT2D eigenvalue weighted by Gasteiger charge is 2.17. The molecule has 0 atom stereocenters. The van der Waals surface area contributed by atoms with Crippen LogP contribution in [0.2, 0.25) is 0 Å². The zero-order valence-corrected chi connectivity index (χ0v) is 11.7. The van der Waals surface area contributed by atoms with Crippen molar-refractivity contribution in [2.24, 2.45) is 0 Å². The van der Waals surface area contributed by atoms with Gasteiger partial charge in [0.1, 0.15) is 0 Å². The van der Waals surface area contributed by atoms with Crippen molar-refractivity contribution in [1.82, 2.24) is 0 Å². The van der Waals surface area contributed by atoms with Crippen LogP contribution in [-0.4, -0.2) is 5.91 Å². The number of thiophene rings is 1. The van der Waals surface area contributed by atoms with Gasteiger partial charge in [0.05, 0.1) is 10.6 Å². The number of anilines is 1. The highest BCUT2D eigenvalue weighted by Crippen LogP contribution is 2.25. The van der Waals surface area contributed by atoms with E-state index in [1.54, 1.807) is 6.07 Å². The van der Waals surface area contributed by atoms with Crippen molar-refractivity contribution in [1.29, 1.82) is 0 Å². The molecule has 0 bridgehead atoms. The molecule has 0 radical (unpaired) electrons. The summed E-state index contributed by atoms with van der Waals surface area (Å²) in [5.41, 5.74) is 0.603. The number of halogens is 3. The van der Waals surface area contributed by atoms with Crippen molar-refractivity contribution in [3.05, 3.63) is 51.0 Å². The molecule has 1 aromatic heterocycles. The monoisotopic (exact) mass is 299 g/mol. The van der Waals surface area contributed by atoms with E-state index in [0.29, 0.717) is 4.88 Å². The molecule has 1 N–H and O–H groups in total. The van der Waals surface area contributed by atoms with E-state index >= 15 is 0 Å². The minimum atomic E-state index is -1.60. The maximum atomic E-state index is 13.5. The molecule has 2 rings (SSSR count). The third-order valence-corrected chi connectivity index (χ3v) is 4.23. The lowest BCUT2D eigenvalue weighted by Gasteiger charge is -2.05. The first-order valence-corrected chi connectivity index (χ1v) is 6.79. The number of carbonyl (C=O) groups is 1. The predicted octanol–water partition coefficient (Wildman–Crippen LogP) is 4.29. The van der Waals surface area contributed by atoms with Crippen LogP contribution in [0.1, 0.15) is 27.0 Å². The van der Waals surface area contributed by atoms with Crippen molar-refractivity contribution in [3.8, 4) is 0 Å². The van der Waals surface area contributed by atoms with Crippen LogP contribution in [0.15, 0.2) is 18.2 Å². The Hall–Kier alpha value is -1.82. The lowest BCUT2D eigenvalue weighted by molar-refractivity contribution is 0.103. The van der Waals surface area contributed by atoms with Gasteiger partial charge in [-0.25, -0.2) is 13.2 Å². The van der Waals surface area contributed by atoms with Crippen LogP contribution in [0.3, 0.4) is 0 Å². The van der Waals surface area contributed by atoms with E-state index in [9.17, 15) is 18.0 Å². The van der Waals surface area contributed by atoms with E-state index in [-0.39, 0.29) is 5.69 Å². The summed E-state index contributed by atoms with van der Waals surface area (Å²) in [6, 6.07) is 3.45. The summed E-state index contributed by atoms with van der Waals surface area (Å²) in [6.45, 7) is 3.85. The van der Waals surface area contributed by atoms with Crippen LogP contribution in [-0.2, 0) is 6.42 Å². The lowest BCUT2D eigenvalue weighted by atomic mass is 10.2. The van der Waals surface area contributed by atoms with E-state index in [4.69, 9.17) is 0 Å². The average molecular weight is 299 g/mol. The molecule has 0 saturated carbocycles. The van der Waals surface area contributed by atoms with Gasteiger partial charge < -0.3 is 5.32 Å². The second-order valence-corrected chi connectivity index (χ2v) is 5.38. The Morgan fingerprint density at radius 3 is 2.55 bits per heavy atom. The summed E-state index contributed by atoms with van der Waals surface area (Å²) < 4.78 is 39.3. The van der Waals surface area contributed by atoms with E-state index in [2.05, 4.69) is 5.32 Å². The molecular weight excluding hydrogens is 287 g/mol. The Bertz CT molecular complexity index is 667. The van der Waals surface area contributed by atoms with Crippen molar-refractivity contribution in [2.45, 2.75) is 20.3 Å². The zero-order chi connectivity index (χ0) is 14.9. The first kappa shape index (κ1) is 14.6. The molecule has 0 spiro atoms. The molecular formula is C14H12F3NOS. The number of hydrogen-bond acceptors (Lipinski definition) is 2. The molecule has 0 aliphatic carbocycles. The van der Waals surface area contributed by atoms with Crippen molar-refractivity contribution in [2.75, 3.05) is 5.32 Å². The van der Waals surface area contributed by atoms with E-state index < -0.39 is 23.4 Å². The van der Waals surface area contributed by atoms with Gasteiger partial charge in [0, 0.05) is 4.88 Å². The van der Waals surface area contributed by atoms with Gasteiger partial charge >= 0.3 is 0 Å². The maximum absolute atomic E-state index is 13.5. The van der Waals surface area contributed by atoms with Gasteiger partial charge in [-0.15, -0.1) is 11.3 Å². The topological polar surface area (TPSA) is 29.1 Å². The molecule has 0 aliphatic heterocycles. The van der Waals surface area contributed by atoms with Gasteiger partial charge in [0.2, 0.25) is 0 Å². The van der Waals surface area contributed by atoms with Crippen LogP contribution in [0, 0.1) is 24.4 Å². The molecule has 2 nitrogen and oxygen atoms in total. The van der Waals surface area contributed by atoms with E-state index in [0.717, 1.165) is 29.0 Å². The molecule has 6 heteroatoms. The van der Waals surface area contributed by atoms with Crippen LogP contribution in [0.25, 0.3) is 0 Å². The van der Waals surface area contributed by atoms with Gasteiger partial charge in [-0.2, -0.15) is 0 Å². The molecule has 20 heavy (non-hydrogen) atoms. The third-order valence-electron chi connectivity index (χ3n) is 2.85. The summed E-state index contributed by atoms with van der Waals surface area (Å²) in [5.74, 6) is -4.83. The maximum Gasteiger partial charge on any atom is 0.265 e. The molecule has 0 saturated heterocycles. The Morgan fingerprint density at radius 2 is 1.95 bits per heavy atom. The largest absolute Gasteiger partial charge is 0.319 e. The molecule has 1 heterocycles. The first-order chi connectivity index (χ1) is 9.43. The van der Waals surface area contributed by atoms with Crippen LogP contribution in [0.4, 0.5) is 18.9 Å². The summed E-state index contributed by atoms with van der Waals surface area (Å²) in [7, 11) is 0. The quantitative estimate of drug-likeness (QED) is 0.842. The molecule has 1 amide bonds. The summed E-state index contributed by atoms with van der Waals surface area (Å²) in [6.07, 6.45) is 0.795. The molecule has 2 aromatic rings. The zero-order valence-electron chi connectivity index (χ0n) is 10.9. The van der Waals surface area contributed by atoms with Gasteiger partial charge in [0.15, 0.2) is 17.5 Å². The number of rotatable bonds is 3. The summed E-state index contributed by atoms with van der Waals surface area (Å²) >= 11 is 1.30. The second kappa shape index (κ2) is 5.66. The SMILES string of the molecule is CCc1sc(C(=O)Nc2ccc(F)c(F)c2F)cc1C. The first-order valence-electron chi connectivity index (χ1n) is 5.98. The Labute approximate surface area is 118 Å². The fourth-order valence-electron chi connectivity index (χ4n) is 1.79. The summed E-state index contributed by atoms with van der Waals surface area (Å²) in [5, 5.41) is 2.25. The molecule has 0 aliphatic rings. The number of nitrogens with one attached hydrogen (secondary N) is 1. The smallest absolute Gasteiger partial charge is 0.265 e. The van der Waals surface area contributed by atoms with Gasteiger partial charge in [-0.3, -0.25) is 4.79 Å². The molecule has 106 valence electrons. The van der Waals surface area contributed by atoms with Gasteiger partial charge in [-0.05, 0) is 37.1 Å². The van der Waals surface area contributed by atoms with Crippen LogP contribution in [0.5, 0.6) is 0 Å². The minimum Gasteiger partial charge on any atom is -0.319 e. The lowest BCUT2D eigenvalue weighted by Crippen LogP contribution is -2.12. The third kappa shape index (κ3) is 2.70. The number of benzene rings is 1. The fraction of sp³-hybridized carbons (Fsp3) is 0.214. The minimum absolute atomic E-state index is 0.377. The predicted molar refractivity (Wildman–Crippen MR) is 72.7 cm³/mol. The second-order valence-electron chi connectivity index (χ2n) is 4.25. The Morgan fingerprint density at radius 1 is 1.25 bits per heavy atom. The average Bonchev–Trinajstić information content (AvgIpc) is 2.80. The Kier molecular flexibility index (Phi) is 4.13. The van der Waals surface area contributed by atoms with Gasteiger partial charge in [0.25, 0.3) is 5.91 Å². The number of hydrogen-bond donors (Lipinski definition) is 1. The van der Waals surface area contributed by atoms with E-state index in [1.165, 1.54) is 11.3 Å². The van der Waals surface area contributed by atoms with Crippen molar-refractivity contribution < 1.29 is 18.0 Å². The number of carbonyl (C=O) groups excluding carboxylic acids is 1. The van der Waals surface area contributed by atoms with Crippen molar-refractivity contribution in [3.63, 3.8) is 0 Å². The van der Waals surface area contributed by atoms with Gasteiger partial charge in [-0.1, -0.05) is 6.92 Å². The summed E-state index contributed by atoms with van der Waals surface area (Å²) in [4.78, 5) is 13.4. The van der Waals surface area contributed by atoms with Crippen LogP contribution < -0.4 is 5.32 Å². The standard InChI is InChI=1S/C14H12F3NOS/c1-3-10-7(2)6-11(20-10)14(19)18-9-5-4-8(15)12(16)13(9)17/h4-6H,3H2,1-2H3,(H,18,19). The molecule has 0 fully saturated rings. The highest BCUT2D eigenvalue weighted by molar-refractivity contribution is 7.14. The molecule has 1 aromatic carbocycles. The fourth-order valence-corrected chi connectivity index (χ4v) is 2.80. The number of amides is 1. The molecule has 0 unspecified atom stereocenters. The number of aryl methyl sites for hydroxylation is 2. The van der Waals surface area contributed by atoms with Crippen molar-refractivity contribution >= 4 is 22.9 Å². The normalized spacial score (nSPS) is 10.7. The highest BCUT2D eigenvalue weighted by atomic mass is 32.1. The Balaban J connectivity index is 2.25. The van der Waals surface area contributed by atoms with Crippen LogP contribution >= 0.6 is 11.3 Å². The van der Waals surface area contributed by atoms with E-state index in [1.807, 2.05) is 13.8 Å².